The number of nitrogens with zero attached hydrogens (tertiary/aromatic N) is 3. The minimum atomic E-state index is 0.705. The number of nitrogens with one attached hydrogen (secondary N) is 1. The molecule has 1 N–H and O–H groups in total. The van der Waals surface area contributed by atoms with E-state index in [1.165, 1.54) is 0 Å². The van der Waals surface area contributed by atoms with Crippen molar-refractivity contribution in [2.45, 2.75) is 19.9 Å². The molecule has 2 heterocycles. The van der Waals surface area contributed by atoms with Crippen LogP contribution in [0.4, 0.5) is 5.82 Å². The Bertz CT molecular complexity index is 524. The predicted octanol–water partition coefficient (Wildman–Crippen LogP) is 1.78. The highest BCUT2D eigenvalue weighted by Crippen LogP contribution is 2.14. The highest BCUT2D eigenvalue weighted by molar-refractivity contribution is 5.36. The molecule has 0 aliphatic rings. The molecule has 0 saturated carbocycles. The molecule has 0 bridgehead atoms. The van der Waals surface area contributed by atoms with Gasteiger partial charge in [-0.1, -0.05) is 0 Å². The van der Waals surface area contributed by atoms with E-state index >= 15 is 0 Å². The van der Waals surface area contributed by atoms with E-state index < -0.39 is 0 Å². The van der Waals surface area contributed by atoms with Crippen molar-refractivity contribution in [1.82, 2.24) is 15.3 Å². The summed E-state index contributed by atoms with van der Waals surface area (Å²) in [6, 6.07) is 5.88. The molecule has 2 aromatic heterocycles. The molecule has 19 heavy (non-hydrogen) atoms. The summed E-state index contributed by atoms with van der Waals surface area (Å²) < 4.78 is 5.58. The first-order valence-corrected chi connectivity index (χ1v) is 6.42. The molecule has 2 aromatic rings. The fraction of sp³-hybridized carbons (Fsp3) is 0.429. The Morgan fingerprint density at radius 3 is 2.84 bits per heavy atom. The topological polar surface area (TPSA) is 54.2 Å². The van der Waals surface area contributed by atoms with Crippen molar-refractivity contribution in [3.05, 3.63) is 41.7 Å². The van der Waals surface area contributed by atoms with E-state index in [2.05, 4.69) is 20.2 Å². The van der Waals surface area contributed by atoms with Gasteiger partial charge in [0.1, 0.15) is 23.2 Å². The average Bonchev–Trinajstić information content (AvgIpc) is 2.82. The second-order valence-electron chi connectivity index (χ2n) is 4.55. The second-order valence-corrected chi connectivity index (χ2v) is 4.55. The number of hydrogen-bond donors (Lipinski definition) is 1. The lowest BCUT2D eigenvalue weighted by atomic mass is 10.3. The molecule has 0 aromatic carbocycles. The Hall–Kier alpha value is -1.88. The number of aromatic nitrogens is 2. The average molecular weight is 260 g/mol. The van der Waals surface area contributed by atoms with Crippen LogP contribution in [0.2, 0.25) is 0 Å². The molecular weight excluding hydrogens is 240 g/mol. The standard InChI is InChI=1S/C14H20N4O/c1-11-4-5-12(19-11)10-18(3)14-7-9-16-13(17-14)6-8-15-2/h4-5,7,9,15H,6,8,10H2,1-3H3. The molecule has 5 nitrogen and oxygen atoms in total. The minimum absolute atomic E-state index is 0.705. The molecule has 2 rings (SSSR count). The maximum Gasteiger partial charge on any atom is 0.132 e. The SMILES string of the molecule is CNCCc1nccc(N(C)Cc2ccc(C)o2)n1. The molecule has 0 saturated heterocycles. The van der Waals surface area contributed by atoms with Crippen molar-refractivity contribution in [2.24, 2.45) is 0 Å². The van der Waals surface area contributed by atoms with Gasteiger partial charge in [0, 0.05) is 26.2 Å². The summed E-state index contributed by atoms with van der Waals surface area (Å²) >= 11 is 0. The van der Waals surface area contributed by atoms with E-state index in [9.17, 15) is 0 Å². The van der Waals surface area contributed by atoms with Crippen LogP contribution < -0.4 is 10.2 Å². The van der Waals surface area contributed by atoms with E-state index in [0.29, 0.717) is 6.54 Å². The van der Waals surface area contributed by atoms with E-state index in [1.54, 1.807) is 6.20 Å². The number of aryl methyl sites for hydroxylation is 1. The van der Waals surface area contributed by atoms with Crippen molar-refractivity contribution in [2.75, 3.05) is 25.5 Å². The summed E-state index contributed by atoms with van der Waals surface area (Å²) in [6.07, 6.45) is 2.63. The van der Waals surface area contributed by atoms with Crippen LogP contribution in [0.5, 0.6) is 0 Å². The van der Waals surface area contributed by atoms with Gasteiger partial charge in [0.15, 0.2) is 0 Å². The Balaban J connectivity index is 2.03. The normalized spacial score (nSPS) is 10.7. The highest BCUT2D eigenvalue weighted by atomic mass is 16.3. The molecule has 5 heteroatoms. The smallest absolute Gasteiger partial charge is 0.132 e. The molecule has 0 aliphatic carbocycles. The van der Waals surface area contributed by atoms with Crippen molar-refractivity contribution < 1.29 is 4.42 Å². The second kappa shape index (κ2) is 6.33. The van der Waals surface area contributed by atoms with Crippen LogP contribution in [0, 0.1) is 6.92 Å². The first-order chi connectivity index (χ1) is 9.19. The van der Waals surface area contributed by atoms with Gasteiger partial charge in [-0.2, -0.15) is 0 Å². The molecule has 0 amide bonds. The fourth-order valence-corrected chi connectivity index (χ4v) is 1.84. The zero-order valence-corrected chi connectivity index (χ0v) is 11.7. The molecule has 0 aliphatic heterocycles. The lowest BCUT2D eigenvalue weighted by Gasteiger charge is -2.17. The summed E-state index contributed by atoms with van der Waals surface area (Å²) in [5, 5.41) is 3.10. The lowest BCUT2D eigenvalue weighted by Crippen LogP contribution is -2.19. The lowest BCUT2D eigenvalue weighted by molar-refractivity contribution is 0.481. The van der Waals surface area contributed by atoms with Crippen molar-refractivity contribution in [3.63, 3.8) is 0 Å². The first kappa shape index (κ1) is 13.5. The van der Waals surface area contributed by atoms with Crippen molar-refractivity contribution in [1.29, 1.82) is 0 Å². The van der Waals surface area contributed by atoms with Gasteiger partial charge in [0.2, 0.25) is 0 Å². The largest absolute Gasteiger partial charge is 0.464 e. The van der Waals surface area contributed by atoms with Crippen LogP contribution >= 0.6 is 0 Å². The van der Waals surface area contributed by atoms with Gasteiger partial charge in [-0.25, -0.2) is 9.97 Å². The monoisotopic (exact) mass is 260 g/mol. The van der Waals surface area contributed by atoms with Crippen molar-refractivity contribution in [3.8, 4) is 0 Å². The Labute approximate surface area is 113 Å². The summed E-state index contributed by atoms with van der Waals surface area (Å²) in [4.78, 5) is 10.9. The van der Waals surface area contributed by atoms with Gasteiger partial charge in [0.05, 0.1) is 6.54 Å². The molecule has 0 radical (unpaired) electrons. The number of likely N-dealkylation sites (N-methyl/N-ethyl adjacent to an activating group) is 1. The van der Waals surface area contributed by atoms with Gasteiger partial charge in [0.25, 0.3) is 0 Å². The van der Waals surface area contributed by atoms with Crippen LogP contribution in [0.15, 0.2) is 28.8 Å². The van der Waals surface area contributed by atoms with Crippen LogP contribution in [0.1, 0.15) is 17.3 Å². The van der Waals surface area contributed by atoms with Gasteiger partial charge >= 0.3 is 0 Å². The summed E-state index contributed by atoms with van der Waals surface area (Å²) in [6.45, 7) is 3.53. The van der Waals surface area contributed by atoms with Gasteiger partial charge in [-0.05, 0) is 32.2 Å². The van der Waals surface area contributed by atoms with Gasteiger partial charge in [-0.15, -0.1) is 0 Å². The third-order valence-corrected chi connectivity index (χ3v) is 2.87. The number of furan rings is 1. The third kappa shape index (κ3) is 3.79. The molecule has 0 unspecified atom stereocenters. The van der Waals surface area contributed by atoms with Crippen molar-refractivity contribution >= 4 is 5.82 Å². The number of anilines is 1. The van der Waals surface area contributed by atoms with Crippen LogP contribution in [-0.4, -0.2) is 30.6 Å². The van der Waals surface area contributed by atoms with E-state index in [0.717, 1.165) is 36.1 Å². The first-order valence-electron chi connectivity index (χ1n) is 6.42. The molecule has 0 spiro atoms. The van der Waals surface area contributed by atoms with Crippen LogP contribution in [-0.2, 0) is 13.0 Å². The molecule has 0 atom stereocenters. The predicted molar refractivity (Wildman–Crippen MR) is 75.2 cm³/mol. The van der Waals surface area contributed by atoms with Gasteiger partial charge < -0.3 is 14.6 Å². The summed E-state index contributed by atoms with van der Waals surface area (Å²) in [5.41, 5.74) is 0. The zero-order chi connectivity index (χ0) is 13.7. The molecule has 0 fully saturated rings. The molecule has 102 valence electrons. The number of hydrogen-bond acceptors (Lipinski definition) is 5. The van der Waals surface area contributed by atoms with Crippen LogP contribution in [0.25, 0.3) is 0 Å². The fourth-order valence-electron chi connectivity index (χ4n) is 1.84. The Morgan fingerprint density at radius 1 is 1.32 bits per heavy atom. The minimum Gasteiger partial charge on any atom is -0.464 e. The molecular formula is C14H20N4O. The van der Waals surface area contributed by atoms with E-state index in [1.807, 2.05) is 39.2 Å². The Kier molecular flexibility index (Phi) is 4.52. The third-order valence-electron chi connectivity index (χ3n) is 2.87. The summed E-state index contributed by atoms with van der Waals surface area (Å²) in [7, 11) is 3.93. The number of rotatable bonds is 6. The van der Waals surface area contributed by atoms with Gasteiger partial charge in [-0.3, -0.25) is 0 Å². The van der Waals surface area contributed by atoms with Crippen LogP contribution in [0.3, 0.4) is 0 Å². The highest BCUT2D eigenvalue weighted by Gasteiger charge is 2.07. The Morgan fingerprint density at radius 2 is 2.16 bits per heavy atom. The quantitative estimate of drug-likeness (QED) is 0.858. The maximum atomic E-state index is 5.58. The summed E-state index contributed by atoms with van der Waals surface area (Å²) in [5.74, 6) is 3.64. The van der Waals surface area contributed by atoms with E-state index in [-0.39, 0.29) is 0 Å². The zero-order valence-electron chi connectivity index (χ0n) is 11.7. The van der Waals surface area contributed by atoms with E-state index in [4.69, 9.17) is 4.42 Å². The maximum absolute atomic E-state index is 5.58.